The molecule has 0 fully saturated rings. The summed E-state index contributed by atoms with van der Waals surface area (Å²) < 4.78 is 2.11. The maximum Gasteiger partial charge on any atom is 0.0961 e. The summed E-state index contributed by atoms with van der Waals surface area (Å²) in [7, 11) is 0. The predicted molar refractivity (Wildman–Crippen MR) is 84.8 cm³/mol. The van der Waals surface area contributed by atoms with E-state index in [9.17, 15) is 0 Å². The number of rotatable bonds is 2. The molecule has 0 saturated carbocycles. The second-order valence-electron chi connectivity index (χ2n) is 5.03. The smallest absolute Gasteiger partial charge is 0.0961 e. The molecule has 0 amide bonds. The number of aromatic nitrogens is 2. The van der Waals surface area contributed by atoms with E-state index in [4.69, 9.17) is 23.2 Å². The Morgan fingerprint density at radius 2 is 1.80 bits per heavy atom. The molecule has 1 aromatic heterocycles. The van der Waals surface area contributed by atoms with E-state index in [0.717, 1.165) is 16.6 Å². The third kappa shape index (κ3) is 2.41. The van der Waals surface area contributed by atoms with Gasteiger partial charge in [-0.1, -0.05) is 29.3 Å². The van der Waals surface area contributed by atoms with Crippen LogP contribution in [-0.4, -0.2) is 9.55 Å². The van der Waals surface area contributed by atoms with Gasteiger partial charge in [0, 0.05) is 10.0 Å². The fraction of sp³-hybridized carbons (Fsp3) is 0.188. The SMILES string of the molecule is Cc1cc2ncn(Cc3ccc(Cl)cc3Cl)c2cc1C. The molecule has 0 N–H and O–H groups in total. The van der Waals surface area contributed by atoms with Gasteiger partial charge in [0.15, 0.2) is 0 Å². The van der Waals surface area contributed by atoms with Gasteiger partial charge in [-0.3, -0.25) is 0 Å². The highest BCUT2D eigenvalue weighted by Crippen LogP contribution is 2.24. The minimum atomic E-state index is 0.653. The summed E-state index contributed by atoms with van der Waals surface area (Å²) in [6.45, 7) is 4.90. The Hall–Kier alpha value is -1.51. The van der Waals surface area contributed by atoms with Gasteiger partial charge in [-0.25, -0.2) is 4.98 Å². The Morgan fingerprint density at radius 1 is 1.05 bits per heavy atom. The van der Waals surface area contributed by atoms with Crippen molar-refractivity contribution in [3.8, 4) is 0 Å². The lowest BCUT2D eigenvalue weighted by molar-refractivity contribution is 0.824. The fourth-order valence-corrected chi connectivity index (χ4v) is 2.74. The van der Waals surface area contributed by atoms with Gasteiger partial charge in [-0.15, -0.1) is 0 Å². The van der Waals surface area contributed by atoms with Crippen LogP contribution < -0.4 is 0 Å². The first-order chi connectivity index (χ1) is 9.54. The fourth-order valence-electron chi connectivity index (χ4n) is 2.27. The van der Waals surface area contributed by atoms with Crippen molar-refractivity contribution in [1.29, 1.82) is 0 Å². The minimum Gasteiger partial charge on any atom is -0.326 e. The number of fused-ring (bicyclic) bond motifs is 1. The third-order valence-corrected chi connectivity index (χ3v) is 4.18. The largest absolute Gasteiger partial charge is 0.326 e. The molecule has 20 heavy (non-hydrogen) atoms. The number of imidazole rings is 1. The van der Waals surface area contributed by atoms with E-state index in [1.54, 1.807) is 6.07 Å². The number of benzene rings is 2. The first-order valence-corrected chi connectivity index (χ1v) is 7.16. The number of aryl methyl sites for hydroxylation is 2. The summed E-state index contributed by atoms with van der Waals surface area (Å²) in [5.41, 5.74) is 5.69. The standard InChI is InChI=1S/C16H14Cl2N2/c1-10-5-15-16(6-11(10)2)20(9-19-15)8-12-3-4-13(17)7-14(12)18/h3-7,9H,8H2,1-2H3. The van der Waals surface area contributed by atoms with Crippen molar-refractivity contribution in [2.75, 3.05) is 0 Å². The Labute approximate surface area is 128 Å². The van der Waals surface area contributed by atoms with Crippen molar-refractivity contribution < 1.29 is 0 Å². The van der Waals surface area contributed by atoms with E-state index in [1.165, 1.54) is 11.1 Å². The summed E-state index contributed by atoms with van der Waals surface area (Å²) in [5, 5.41) is 1.34. The zero-order valence-corrected chi connectivity index (χ0v) is 12.8. The number of halogens is 2. The average Bonchev–Trinajstić information content (AvgIpc) is 2.76. The molecule has 1 heterocycles. The molecule has 0 radical (unpaired) electrons. The number of hydrogen-bond donors (Lipinski definition) is 0. The summed E-state index contributed by atoms with van der Waals surface area (Å²) in [5.74, 6) is 0. The van der Waals surface area contributed by atoms with Gasteiger partial charge in [0.2, 0.25) is 0 Å². The lowest BCUT2D eigenvalue weighted by Crippen LogP contribution is -1.99. The molecule has 2 nitrogen and oxygen atoms in total. The second kappa shape index (κ2) is 5.12. The Kier molecular flexibility index (Phi) is 3.45. The van der Waals surface area contributed by atoms with Crippen LogP contribution in [0.3, 0.4) is 0 Å². The van der Waals surface area contributed by atoms with Crippen LogP contribution in [0.4, 0.5) is 0 Å². The van der Waals surface area contributed by atoms with Gasteiger partial charge in [0.1, 0.15) is 0 Å². The van der Waals surface area contributed by atoms with Crippen LogP contribution in [-0.2, 0) is 6.54 Å². The van der Waals surface area contributed by atoms with Crippen LogP contribution in [0.25, 0.3) is 11.0 Å². The molecule has 3 aromatic rings. The van der Waals surface area contributed by atoms with E-state index in [-0.39, 0.29) is 0 Å². The number of hydrogen-bond acceptors (Lipinski definition) is 1. The molecule has 0 unspecified atom stereocenters. The normalized spacial score (nSPS) is 11.2. The topological polar surface area (TPSA) is 17.8 Å². The van der Waals surface area contributed by atoms with Gasteiger partial charge >= 0.3 is 0 Å². The van der Waals surface area contributed by atoms with Crippen molar-refractivity contribution >= 4 is 34.2 Å². The molecule has 0 bridgehead atoms. The van der Waals surface area contributed by atoms with Crippen LogP contribution in [0.15, 0.2) is 36.7 Å². The monoisotopic (exact) mass is 304 g/mol. The Balaban J connectivity index is 2.04. The van der Waals surface area contributed by atoms with Gasteiger partial charge in [-0.2, -0.15) is 0 Å². The van der Waals surface area contributed by atoms with E-state index in [1.807, 2.05) is 18.5 Å². The molecule has 0 atom stereocenters. The van der Waals surface area contributed by atoms with E-state index >= 15 is 0 Å². The first kappa shape index (κ1) is 13.5. The summed E-state index contributed by atoms with van der Waals surface area (Å²) in [6, 6.07) is 9.87. The van der Waals surface area contributed by atoms with Gasteiger partial charge in [0.25, 0.3) is 0 Å². The highest BCUT2D eigenvalue weighted by atomic mass is 35.5. The van der Waals surface area contributed by atoms with Gasteiger partial charge in [-0.05, 0) is 54.8 Å². The van der Waals surface area contributed by atoms with E-state index in [0.29, 0.717) is 16.6 Å². The third-order valence-electron chi connectivity index (χ3n) is 3.59. The van der Waals surface area contributed by atoms with E-state index < -0.39 is 0 Å². The maximum absolute atomic E-state index is 6.24. The predicted octanol–water partition coefficient (Wildman–Crippen LogP) is 5.01. The molecule has 0 aliphatic rings. The van der Waals surface area contributed by atoms with Crippen molar-refractivity contribution in [2.24, 2.45) is 0 Å². The highest BCUT2D eigenvalue weighted by Gasteiger charge is 2.07. The van der Waals surface area contributed by atoms with Crippen molar-refractivity contribution in [3.05, 3.63) is 63.4 Å². The van der Waals surface area contributed by atoms with Gasteiger partial charge < -0.3 is 4.57 Å². The zero-order valence-electron chi connectivity index (χ0n) is 11.3. The van der Waals surface area contributed by atoms with Crippen molar-refractivity contribution in [1.82, 2.24) is 9.55 Å². The molecular weight excluding hydrogens is 291 g/mol. The Morgan fingerprint density at radius 3 is 2.55 bits per heavy atom. The lowest BCUT2D eigenvalue weighted by atomic mass is 10.1. The summed E-state index contributed by atoms with van der Waals surface area (Å²) in [4.78, 5) is 4.46. The van der Waals surface area contributed by atoms with Crippen LogP contribution in [0.5, 0.6) is 0 Å². The summed E-state index contributed by atoms with van der Waals surface area (Å²) >= 11 is 12.2. The lowest BCUT2D eigenvalue weighted by Gasteiger charge is -2.08. The molecule has 0 aliphatic heterocycles. The molecule has 0 spiro atoms. The average molecular weight is 305 g/mol. The van der Waals surface area contributed by atoms with Crippen molar-refractivity contribution in [2.45, 2.75) is 20.4 Å². The molecule has 102 valence electrons. The molecule has 3 rings (SSSR count). The highest BCUT2D eigenvalue weighted by molar-refractivity contribution is 6.35. The molecule has 2 aromatic carbocycles. The van der Waals surface area contributed by atoms with Crippen LogP contribution in [0, 0.1) is 13.8 Å². The maximum atomic E-state index is 6.24. The second-order valence-corrected chi connectivity index (χ2v) is 5.88. The molecule has 0 aliphatic carbocycles. The number of nitrogens with zero attached hydrogens (tertiary/aromatic N) is 2. The van der Waals surface area contributed by atoms with Crippen LogP contribution >= 0.6 is 23.2 Å². The quantitative estimate of drug-likeness (QED) is 0.651. The minimum absolute atomic E-state index is 0.653. The Bertz CT molecular complexity index is 791. The van der Waals surface area contributed by atoms with Crippen LogP contribution in [0.2, 0.25) is 10.0 Å². The summed E-state index contributed by atoms with van der Waals surface area (Å²) in [6.07, 6.45) is 1.86. The zero-order chi connectivity index (χ0) is 14.3. The first-order valence-electron chi connectivity index (χ1n) is 6.40. The van der Waals surface area contributed by atoms with E-state index in [2.05, 4.69) is 35.5 Å². The molecular formula is C16H14Cl2N2. The van der Waals surface area contributed by atoms with Crippen molar-refractivity contribution in [3.63, 3.8) is 0 Å². The van der Waals surface area contributed by atoms with Crippen LogP contribution in [0.1, 0.15) is 16.7 Å². The molecule has 0 saturated heterocycles. The molecule has 4 heteroatoms. The van der Waals surface area contributed by atoms with Gasteiger partial charge in [0.05, 0.1) is 23.9 Å².